The van der Waals surface area contributed by atoms with E-state index in [1.54, 1.807) is 18.2 Å². The molecular formula is C17H13NO5. The number of hydroxylamine groups is 1. The van der Waals surface area contributed by atoms with Crippen molar-refractivity contribution in [1.29, 1.82) is 0 Å². The Hall–Kier alpha value is -3.12. The molecule has 0 saturated carbocycles. The Bertz CT molecular complexity index is 902. The number of benzene rings is 2. The third kappa shape index (κ3) is 3.22. The predicted octanol–water partition coefficient (Wildman–Crippen LogP) is 2.49. The average molecular weight is 311 g/mol. The average Bonchev–Trinajstić information content (AvgIpc) is 2.59. The molecule has 116 valence electrons. The Balaban J connectivity index is 1.87. The van der Waals surface area contributed by atoms with E-state index >= 15 is 0 Å². The predicted molar refractivity (Wildman–Crippen MR) is 82.5 cm³/mol. The molecule has 0 aliphatic rings. The van der Waals surface area contributed by atoms with Crippen molar-refractivity contribution in [2.45, 2.75) is 6.61 Å². The normalized spacial score (nSPS) is 10.5. The Morgan fingerprint density at radius 2 is 1.91 bits per heavy atom. The summed E-state index contributed by atoms with van der Waals surface area (Å²) in [4.78, 5) is 23.1. The number of nitrogens with one attached hydrogen (secondary N) is 1. The molecule has 0 bridgehead atoms. The van der Waals surface area contributed by atoms with Crippen molar-refractivity contribution in [3.63, 3.8) is 0 Å². The Labute approximate surface area is 130 Å². The zero-order valence-corrected chi connectivity index (χ0v) is 12.0. The van der Waals surface area contributed by atoms with Crippen molar-refractivity contribution in [2.24, 2.45) is 0 Å². The van der Waals surface area contributed by atoms with Crippen molar-refractivity contribution >= 4 is 16.9 Å². The van der Waals surface area contributed by atoms with E-state index in [-0.39, 0.29) is 5.56 Å². The molecule has 0 unspecified atom stereocenters. The lowest BCUT2D eigenvalue weighted by atomic mass is 10.1. The van der Waals surface area contributed by atoms with E-state index in [0.717, 1.165) is 5.56 Å². The van der Waals surface area contributed by atoms with E-state index in [0.29, 0.717) is 23.3 Å². The molecule has 1 amide bonds. The number of carbonyl (C=O) groups excluding carboxylic acids is 1. The van der Waals surface area contributed by atoms with Gasteiger partial charge in [0.15, 0.2) is 0 Å². The highest BCUT2D eigenvalue weighted by atomic mass is 16.5. The highest BCUT2D eigenvalue weighted by molar-refractivity contribution is 5.96. The second kappa shape index (κ2) is 6.33. The van der Waals surface area contributed by atoms with Crippen LogP contribution in [0.2, 0.25) is 0 Å². The highest BCUT2D eigenvalue weighted by Gasteiger charge is 2.13. The first-order chi connectivity index (χ1) is 11.2. The van der Waals surface area contributed by atoms with Crippen LogP contribution >= 0.6 is 0 Å². The lowest BCUT2D eigenvalue weighted by molar-refractivity contribution is 0.0702. The first kappa shape index (κ1) is 14.8. The highest BCUT2D eigenvalue weighted by Crippen LogP contribution is 2.21. The van der Waals surface area contributed by atoms with Crippen LogP contribution in [0.4, 0.5) is 0 Å². The summed E-state index contributed by atoms with van der Waals surface area (Å²) in [6.07, 6.45) is 0. The molecule has 0 radical (unpaired) electrons. The number of hydrogen-bond donors (Lipinski definition) is 2. The maximum absolute atomic E-state index is 11.7. The molecule has 0 fully saturated rings. The molecule has 6 heteroatoms. The van der Waals surface area contributed by atoms with Crippen LogP contribution in [0.5, 0.6) is 5.75 Å². The Morgan fingerprint density at radius 1 is 1.13 bits per heavy atom. The van der Waals surface area contributed by atoms with Gasteiger partial charge in [0.25, 0.3) is 5.91 Å². The van der Waals surface area contributed by atoms with Crippen molar-refractivity contribution in [2.75, 3.05) is 0 Å². The topological polar surface area (TPSA) is 88.8 Å². The van der Waals surface area contributed by atoms with Crippen LogP contribution in [-0.4, -0.2) is 11.1 Å². The molecular weight excluding hydrogens is 298 g/mol. The van der Waals surface area contributed by atoms with Gasteiger partial charge in [-0.1, -0.05) is 30.3 Å². The summed E-state index contributed by atoms with van der Waals surface area (Å²) < 4.78 is 10.8. The fraction of sp³-hybridized carbons (Fsp3) is 0.0588. The molecule has 3 aromatic rings. The van der Waals surface area contributed by atoms with Gasteiger partial charge in [-0.05, 0) is 23.8 Å². The van der Waals surface area contributed by atoms with Crippen molar-refractivity contribution < 1.29 is 19.2 Å². The minimum atomic E-state index is -0.912. The number of fused-ring (bicyclic) bond motifs is 1. The van der Waals surface area contributed by atoms with Crippen LogP contribution in [0.15, 0.2) is 63.8 Å². The summed E-state index contributed by atoms with van der Waals surface area (Å²) in [5.74, 6) is -0.367. The Morgan fingerprint density at radius 3 is 2.65 bits per heavy atom. The van der Waals surface area contributed by atoms with Gasteiger partial charge in [0.05, 0.1) is 0 Å². The standard InChI is InChI=1S/C17H13NO5/c19-16(18-21)14-8-12-6-7-13(9-15(12)23-17(14)20)22-10-11-4-2-1-3-5-11/h1-9,21H,10H2,(H,18,19). The molecule has 0 atom stereocenters. The van der Waals surface area contributed by atoms with Crippen molar-refractivity contribution in [1.82, 2.24) is 5.48 Å². The number of rotatable bonds is 4. The van der Waals surface area contributed by atoms with E-state index in [4.69, 9.17) is 14.4 Å². The van der Waals surface area contributed by atoms with Crippen LogP contribution in [0.1, 0.15) is 15.9 Å². The van der Waals surface area contributed by atoms with Gasteiger partial charge >= 0.3 is 5.63 Å². The molecule has 6 nitrogen and oxygen atoms in total. The summed E-state index contributed by atoms with van der Waals surface area (Å²) in [5, 5.41) is 9.16. The lowest BCUT2D eigenvalue weighted by Crippen LogP contribution is -2.25. The molecule has 23 heavy (non-hydrogen) atoms. The second-order valence-corrected chi connectivity index (χ2v) is 4.86. The fourth-order valence-corrected chi connectivity index (χ4v) is 2.14. The minimum Gasteiger partial charge on any atom is -0.489 e. The van der Waals surface area contributed by atoms with E-state index in [2.05, 4.69) is 0 Å². The van der Waals surface area contributed by atoms with Gasteiger partial charge in [0, 0.05) is 11.5 Å². The van der Waals surface area contributed by atoms with Crippen molar-refractivity contribution in [3.8, 4) is 5.75 Å². The van der Waals surface area contributed by atoms with Crippen LogP contribution in [0.25, 0.3) is 11.0 Å². The smallest absolute Gasteiger partial charge is 0.349 e. The van der Waals surface area contributed by atoms with Gasteiger partial charge in [-0.3, -0.25) is 10.0 Å². The largest absolute Gasteiger partial charge is 0.489 e. The monoisotopic (exact) mass is 311 g/mol. The molecule has 3 rings (SSSR count). The molecule has 0 saturated heterocycles. The molecule has 0 spiro atoms. The first-order valence-electron chi connectivity index (χ1n) is 6.86. The molecule has 0 aliphatic heterocycles. The van der Waals surface area contributed by atoms with E-state index < -0.39 is 11.5 Å². The molecule has 2 aromatic carbocycles. The zero-order chi connectivity index (χ0) is 16.2. The number of ether oxygens (including phenoxy) is 1. The number of amides is 1. The molecule has 1 aromatic heterocycles. The van der Waals surface area contributed by atoms with Gasteiger partial charge in [-0.25, -0.2) is 10.3 Å². The quantitative estimate of drug-likeness (QED) is 0.439. The maximum atomic E-state index is 11.7. The minimum absolute atomic E-state index is 0.266. The summed E-state index contributed by atoms with van der Waals surface area (Å²) in [6, 6.07) is 16.0. The zero-order valence-electron chi connectivity index (χ0n) is 12.0. The van der Waals surface area contributed by atoms with Gasteiger partial charge in [-0.15, -0.1) is 0 Å². The van der Waals surface area contributed by atoms with E-state index in [1.807, 2.05) is 30.3 Å². The molecule has 2 N–H and O–H groups in total. The number of hydrogen-bond acceptors (Lipinski definition) is 5. The van der Waals surface area contributed by atoms with Crippen LogP contribution in [-0.2, 0) is 6.61 Å². The number of carbonyl (C=O) groups is 1. The summed E-state index contributed by atoms with van der Waals surface area (Å²) in [5.41, 5.74) is 1.64. The van der Waals surface area contributed by atoms with E-state index in [9.17, 15) is 9.59 Å². The van der Waals surface area contributed by atoms with Gasteiger partial charge < -0.3 is 9.15 Å². The van der Waals surface area contributed by atoms with Crippen LogP contribution < -0.4 is 15.8 Å². The fourth-order valence-electron chi connectivity index (χ4n) is 2.14. The van der Waals surface area contributed by atoms with Gasteiger partial charge in [0.1, 0.15) is 23.5 Å². The van der Waals surface area contributed by atoms with E-state index in [1.165, 1.54) is 11.5 Å². The second-order valence-electron chi connectivity index (χ2n) is 4.86. The molecule has 0 aliphatic carbocycles. The maximum Gasteiger partial charge on any atom is 0.349 e. The third-order valence-corrected chi connectivity index (χ3v) is 3.30. The van der Waals surface area contributed by atoms with Gasteiger partial charge in [-0.2, -0.15) is 0 Å². The van der Waals surface area contributed by atoms with Crippen LogP contribution in [0, 0.1) is 0 Å². The first-order valence-corrected chi connectivity index (χ1v) is 6.86. The molecule has 1 heterocycles. The van der Waals surface area contributed by atoms with Crippen LogP contribution in [0.3, 0.4) is 0 Å². The Kier molecular flexibility index (Phi) is 4.07. The SMILES string of the molecule is O=C(NO)c1cc2ccc(OCc3ccccc3)cc2oc1=O. The third-order valence-electron chi connectivity index (χ3n) is 3.30. The lowest BCUT2D eigenvalue weighted by Gasteiger charge is -2.07. The summed E-state index contributed by atoms with van der Waals surface area (Å²) in [7, 11) is 0. The van der Waals surface area contributed by atoms with Gasteiger partial charge in [0.2, 0.25) is 0 Å². The van der Waals surface area contributed by atoms with Crippen molar-refractivity contribution in [3.05, 3.63) is 76.1 Å². The summed E-state index contributed by atoms with van der Waals surface area (Å²) >= 11 is 0. The summed E-state index contributed by atoms with van der Waals surface area (Å²) in [6.45, 7) is 0.390.